The van der Waals surface area contributed by atoms with Gasteiger partial charge in [-0.2, -0.15) is 0 Å². The summed E-state index contributed by atoms with van der Waals surface area (Å²) in [6, 6.07) is 9.85. The summed E-state index contributed by atoms with van der Waals surface area (Å²) >= 11 is 1.62. The number of thiophene rings is 1. The van der Waals surface area contributed by atoms with Gasteiger partial charge in [0.05, 0.1) is 26.2 Å². The Morgan fingerprint density at radius 1 is 1.18 bits per heavy atom. The molecule has 1 aliphatic carbocycles. The van der Waals surface area contributed by atoms with E-state index in [4.69, 9.17) is 4.74 Å². The normalized spacial score (nSPS) is 13.6. The monoisotopic (exact) mass is 471 g/mol. The first-order chi connectivity index (χ1) is 16.5. The van der Waals surface area contributed by atoms with Crippen molar-refractivity contribution in [1.82, 2.24) is 24.4 Å². The first-order valence-electron chi connectivity index (χ1n) is 11.4. The number of imidazole rings is 1. The van der Waals surface area contributed by atoms with E-state index in [0.717, 1.165) is 61.1 Å². The van der Waals surface area contributed by atoms with Crippen LogP contribution in [0.1, 0.15) is 28.9 Å². The van der Waals surface area contributed by atoms with E-state index in [1.165, 1.54) is 12.8 Å². The Bertz CT molecular complexity index is 1560. The summed E-state index contributed by atoms with van der Waals surface area (Å²) in [4.78, 5) is 22.9. The summed E-state index contributed by atoms with van der Waals surface area (Å²) in [6.45, 7) is 2.75. The van der Waals surface area contributed by atoms with Crippen LogP contribution in [0.2, 0.25) is 0 Å². The van der Waals surface area contributed by atoms with Crippen molar-refractivity contribution < 1.29 is 9.53 Å². The van der Waals surface area contributed by atoms with Gasteiger partial charge in [-0.1, -0.05) is 0 Å². The van der Waals surface area contributed by atoms with E-state index < -0.39 is 0 Å². The first kappa shape index (κ1) is 20.9. The number of ether oxygens (including phenoxy) is 1. The molecule has 0 unspecified atom stereocenters. The van der Waals surface area contributed by atoms with Crippen LogP contribution in [0.4, 0.5) is 0 Å². The Balaban J connectivity index is 1.34. The molecule has 0 spiro atoms. The van der Waals surface area contributed by atoms with E-state index in [1.807, 2.05) is 62.1 Å². The molecule has 1 N–H and O–H groups in total. The molecule has 0 radical (unpaired) electrons. The highest BCUT2D eigenvalue weighted by Gasteiger charge is 2.24. The molecule has 8 heteroatoms. The lowest BCUT2D eigenvalue weighted by Gasteiger charge is -2.08. The van der Waals surface area contributed by atoms with Gasteiger partial charge in [-0.25, -0.2) is 4.98 Å². The molecule has 0 bridgehead atoms. The number of aromatic nitrogens is 4. The number of amides is 1. The molecule has 1 fully saturated rings. The molecular formula is C26H25N5O2S. The third-order valence-corrected chi connectivity index (χ3v) is 7.72. The predicted octanol–water partition coefficient (Wildman–Crippen LogP) is 5.43. The number of benzene rings is 1. The van der Waals surface area contributed by atoms with Crippen LogP contribution < -0.4 is 10.1 Å². The third-order valence-electron chi connectivity index (χ3n) is 6.59. The number of carbonyl (C=O) groups excluding carboxylic acids is 1. The highest BCUT2D eigenvalue weighted by Crippen LogP contribution is 2.39. The number of nitrogens with one attached hydrogen (secondary N) is 1. The number of pyridine rings is 1. The van der Waals surface area contributed by atoms with Crippen LogP contribution >= 0.6 is 11.3 Å². The largest absolute Gasteiger partial charge is 0.456 e. The second kappa shape index (κ2) is 7.99. The second-order valence-corrected chi connectivity index (χ2v) is 10.0. The van der Waals surface area contributed by atoms with Crippen molar-refractivity contribution in [2.24, 2.45) is 20.0 Å². The van der Waals surface area contributed by atoms with E-state index in [2.05, 4.69) is 19.9 Å². The van der Waals surface area contributed by atoms with Crippen molar-refractivity contribution >= 4 is 38.4 Å². The summed E-state index contributed by atoms with van der Waals surface area (Å²) < 4.78 is 11.4. The summed E-state index contributed by atoms with van der Waals surface area (Å²) in [7, 11) is 3.97. The maximum Gasteiger partial charge on any atom is 0.253 e. The number of carbonyl (C=O) groups is 1. The van der Waals surface area contributed by atoms with Crippen molar-refractivity contribution in [2.75, 3.05) is 6.54 Å². The fourth-order valence-corrected chi connectivity index (χ4v) is 5.48. The average molecular weight is 472 g/mol. The molecule has 172 valence electrons. The molecule has 4 heterocycles. The van der Waals surface area contributed by atoms with E-state index in [1.54, 1.807) is 23.7 Å². The molecule has 0 saturated heterocycles. The Hall–Kier alpha value is -3.65. The summed E-state index contributed by atoms with van der Waals surface area (Å²) in [6.07, 6.45) is 7.92. The maximum atomic E-state index is 12.9. The molecule has 0 atom stereocenters. The Morgan fingerprint density at radius 3 is 2.79 bits per heavy atom. The van der Waals surface area contributed by atoms with Crippen molar-refractivity contribution in [2.45, 2.75) is 19.8 Å². The molecule has 1 saturated carbocycles. The van der Waals surface area contributed by atoms with E-state index in [-0.39, 0.29) is 5.91 Å². The highest BCUT2D eigenvalue weighted by molar-refractivity contribution is 7.22. The third kappa shape index (κ3) is 3.54. The fraction of sp³-hybridized carbons (Fsp3) is 0.269. The van der Waals surface area contributed by atoms with Crippen LogP contribution in [0.5, 0.6) is 11.5 Å². The van der Waals surface area contributed by atoms with Gasteiger partial charge in [0, 0.05) is 62.4 Å². The van der Waals surface area contributed by atoms with Crippen LogP contribution in [0, 0.1) is 12.8 Å². The zero-order valence-electron chi connectivity index (χ0n) is 19.3. The quantitative estimate of drug-likeness (QED) is 0.358. The smallest absolute Gasteiger partial charge is 0.253 e. The molecule has 34 heavy (non-hydrogen) atoms. The van der Waals surface area contributed by atoms with Crippen molar-refractivity contribution in [3.63, 3.8) is 0 Å². The van der Waals surface area contributed by atoms with Gasteiger partial charge in [0.1, 0.15) is 17.3 Å². The number of hydrogen-bond acceptors (Lipinski definition) is 5. The van der Waals surface area contributed by atoms with Gasteiger partial charge in [-0.05, 0) is 43.9 Å². The molecule has 0 aliphatic heterocycles. The Morgan fingerprint density at radius 2 is 2.03 bits per heavy atom. The lowest BCUT2D eigenvalue weighted by molar-refractivity contribution is 0.0952. The van der Waals surface area contributed by atoms with Gasteiger partial charge in [-0.3, -0.25) is 9.78 Å². The van der Waals surface area contributed by atoms with Gasteiger partial charge in [-0.15, -0.1) is 11.3 Å². The molecule has 5 aromatic rings. The van der Waals surface area contributed by atoms with Crippen LogP contribution in [-0.4, -0.2) is 31.6 Å². The van der Waals surface area contributed by atoms with Crippen molar-refractivity contribution in [3.05, 3.63) is 60.2 Å². The molecule has 1 amide bonds. The zero-order valence-corrected chi connectivity index (χ0v) is 20.1. The van der Waals surface area contributed by atoms with Gasteiger partial charge < -0.3 is 19.2 Å². The van der Waals surface area contributed by atoms with E-state index in [0.29, 0.717) is 5.92 Å². The van der Waals surface area contributed by atoms with Crippen LogP contribution in [0.15, 0.2) is 48.9 Å². The molecule has 7 nitrogen and oxygen atoms in total. The van der Waals surface area contributed by atoms with Crippen molar-refractivity contribution in [1.29, 1.82) is 0 Å². The summed E-state index contributed by atoms with van der Waals surface area (Å²) in [5.41, 5.74) is 3.54. The fourth-order valence-electron chi connectivity index (χ4n) is 4.38. The standard InChI is InChI=1S/C26H25N5O2S/c1-15-23(26(32)29-14-16-4-5-16)18-7-6-17(12-20(18)31(15)3)33-21-8-9-27-19-13-22(34-24(19)21)25-28-10-11-30(25)2/h6-13,16H,4-5,14H2,1-3H3,(H,29,32). The molecule has 4 aromatic heterocycles. The van der Waals surface area contributed by atoms with Gasteiger partial charge in [0.15, 0.2) is 0 Å². The average Bonchev–Trinajstić information content (AvgIpc) is 3.30. The predicted molar refractivity (Wildman–Crippen MR) is 135 cm³/mol. The molecule has 1 aromatic carbocycles. The molecule has 1 aliphatic rings. The lowest BCUT2D eigenvalue weighted by atomic mass is 10.1. The number of fused-ring (bicyclic) bond motifs is 2. The van der Waals surface area contributed by atoms with Gasteiger partial charge in [0.25, 0.3) is 5.91 Å². The Kier molecular flexibility index (Phi) is 4.91. The van der Waals surface area contributed by atoms with E-state index in [9.17, 15) is 4.79 Å². The maximum absolute atomic E-state index is 12.9. The minimum absolute atomic E-state index is 0.0000831. The topological polar surface area (TPSA) is 74.0 Å². The van der Waals surface area contributed by atoms with Crippen LogP contribution in [0.3, 0.4) is 0 Å². The van der Waals surface area contributed by atoms with E-state index >= 15 is 0 Å². The summed E-state index contributed by atoms with van der Waals surface area (Å²) in [5.74, 6) is 3.02. The van der Waals surface area contributed by atoms with Crippen LogP contribution in [0.25, 0.3) is 31.8 Å². The minimum Gasteiger partial charge on any atom is -0.456 e. The SMILES string of the molecule is Cc1c(C(=O)NCC2CC2)c2ccc(Oc3ccnc4cc(-c5nccn5C)sc34)cc2n1C. The Labute approximate surface area is 201 Å². The number of hydrogen-bond donors (Lipinski definition) is 1. The van der Waals surface area contributed by atoms with Gasteiger partial charge >= 0.3 is 0 Å². The minimum atomic E-state index is -0.0000831. The summed E-state index contributed by atoms with van der Waals surface area (Å²) in [5, 5.41) is 4.04. The number of nitrogens with zero attached hydrogens (tertiary/aromatic N) is 4. The van der Waals surface area contributed by atoms with Crippen molar-refractivity contribution in [3.8, 4) is 22.2 Å². The van der Waals surface area contributed by atoms with Crippen LogP contribution in [-0.2, 0) is 14.1 Å². The second-order valence-electron chi connectivity index (χ2n) is 8.95. The number of rotatable bonds is 6. The first-order valence-corrected chi connectivity index (χ1v) is 12.2. The zero-order chi connectivity index (χ0) is 23.4. The highest BCUT2D eigenvalue weighted by atomic mass is 32.1. The molecule has 6 rings (SSSR count). The number of aryl methyl sites for hydroxylation is 2. The lowest BCUT2D eigenvalue weighted by Crippen LogP contribution is -2.26. The molecular weight excluding hydrogens is 446 g/mol. The van der Waals surface area contributed by atoms with Gasteiger partial charge in [0.2, 0.25) is 0 Å².